The quantitative estimate of drug-likeness (QED) is 0.842. The van der Waals surface area contributed by atoms with Crippen molar-refractivity contribution in [3.63, 3.8) is 0 Å². The van der Waals surface area contributed by atoms with E-state index in [0.717, 1.165) is 12.8 Å². The zero-order chi connectivity index (χ0) is 14.8. The summed E-state index contributed by atoms with van der Waals surface area (Å²) in [5, 5.41) is 9.09. The van der Waals surface area contributed by atoms with Gasteiger partial charge in [-0.25, -0.2) is 13.1 Å². The number of hydrogen-bond donors (Lipinski definition) is 2. The predicted octanol–water partition coefficient (Wildman–Crippen LogP) is 2.23. The van der Waals surface area contributed by atoms with Crippen LogP contribution in [0.15, 0.2) is 33.6 Å². The normalized spacial score (nSPS) is 22.9. The van der Waals surface area contributed by atoms with Crippen LogP contribution in [0.25, 0.3) is 0 Å². The third-order valence-corrected chi connectivity index (χ3v) is 6.07. The van der Waals surface area contributed by atoms with E-state index in [9.17, 15) is 13.2 Å². The van der Waals surface area contributed by atoms with Gasteiger partial charge in [0.2, 0.25) is 10.0 Å². The molecule has 1 aromatic carbocycles. The lowest BCUT2D eigenvalue weighted by Crippen LogP contribution is -2.33. The predicted molar refractivity (Wildman–Crippen MR) is 77.8 cm³/mol. The molecule has 0 spiro atoms. The highest BCUT2D eigenvalue weighted by Crippen LogP contribution is 2.32. The van der Waals surface area contributed by atoms with E-state index < -0.39 is 21.9 Å². The Kier molecular flexibility index (Phi) is 4.82. The number of sulfonamides is 1. The van der Waals surface area contributed by atoms with Gasteiger partial charge in [0.05, 0.1) is 10.8 Å². The van der Waals surface area contributed by atoms with Gasteiger partial charge in [0, 0.05) is 11.0 Å². The molecular formula is C13H16BrNO4S. The van der Waals surface area contributed by atoms with Crippen LogP contribution in [0.3, 0.4) is 0 Å². The van der Waals surface area contributed by atoms with Crippen molar-refractivity contribution >= 4 is 31.9 Å². The maximum absolute atomic E-state index is 12.2. The second-order valence-corrected chi connectivity index (χ2v) is 7.51. The van der Waals surface area contributed by atoms with E-state index in [1.807, 2.05) is 0 Å². The van der Waals surface area contributed by atoms with Crippen LogP contribution in [0.4, 0.5) is 0 Å². The second kappa shape index (κ2) is 6.24. The number of halogens is 1. The lowest BCUT2D eigenvalue weighted by Gasteiger charge is -2.16. The van der Waals surface area contributed by atoms with Crippen LogP contribution in [0.2, 0.25) is 0 Å². The van der Waals surface area contributed by atoms with Gasteiger partial charge in [-0.2, -0.15) is 0 Å². The van der Waals surface area contributed by atoms with Crippen molar-refractivity contribution in [3.05, 3.63) is 28.7 Å². The summed E-state index contributed by atoms with van der Waals surface area (Å²) in [6, 6.07) is 6.55. The monoisotopic (exact) mass is 361 g/mol. The maximum atomic E-state index is 12.2. The number of carboxylic acid groups (broad SMARTS) is 1. The van der Waals surface area contributed by atoms with Crippen molar-refractivity contribution < 1.29 is 18.3 Å². The number of carbonyl (C=O) groups is 1. The first kappa shape index (κ1) is 15.5. The van der Waals surface area contributed by atoms with Gasteiger partial charge in [0.15, 0.2) is 0 Å². The first-order chi connectivity index (χ1) is 9.42. The summed E-state index contributed by atoms with van der Waals surface area (Å²) in [4.78, 5) is 11.2. The minimum Gasteiger partial charge on any atom is -0.481 e. The Morgan fingerprint density at radius 2 is 2.05 bits per heavy atom. The summed E-state index contributed by atoms with van der Waals surface area (Å²) >= 11 is 3.21. The largest absolute Gasteiger partial charge is 0.481 e. The molecule has 0 aliphatic heterocycles. The Bertz CT molecular complexity index is 602. The Balaban J connectivity index is 2.07. The SMILES string of the molecule is O=C(O)C1CCCC1CNS(=O)(=O)c1ccccc1Br. The van der Waals surface area contributed by atoms with Gasteiger partial charge in [0.1, 0.15) is 0 Å². The fourth-order valence-electron chi connectivity index (χ4n) is 2.56. The van der Waals surface area contributed by atoms with Crippen molar-refractivity contribution in [1.82, 2.24) is 4.72 Å². The molecule has 7 heteroatoms. The molecule has 0 radical (unpaired) electrons. The Morgan fingerprint density at radius 1 is 1.35 bits per heavy atom. The Morgan fingerprint density at radius 3 is 2.70 bits per heavy atom. The van der Waals surface area contributed by atoms with Gasteiger partial charge in [-0.15, -0.1) is 0 Å². The lowest BCUT2D eigenvalue weighted by molar-refractivity contribution is -0.142. The van der Waals surface area contributed by atoms with Crippen LogP contribution >= 0.6 is 15.9 Å². The van der Waals surface area contributed by atoms with E-state index in [0.29, 0.717) is 10.9 Å². The molecule has 20 heavy (non-hydrogen) atoms. The lowest BCUT2D eigenvalue weighted by atomic mass is 9.97. The molecular weight excluding hydrogens is 346 g/mol. The summed E-state index contributed by atoms with van der Waals surface area (Å²) in [5.41, 5.74) is 0. The van der Waals surface area contributed by atoms with Gasteiger partial charge in [-0.3, -0.25) is 4.79 Å². The standard InChI is InChI=1S/C13H16BrNO4S/c14-11-6-1-2-7-12(11)20(18,19)15-8-9-4-3-5-10(9)13(16)17/h1-2,6-7,9-10,15H,3-5,8H2,(H,16,17). The smallest absolute Gasteiger partial charge is 0.306 e. The zero-order valence-corrected chi connectivity index (χ0v) is 13.2. The number of nitrogens with one attached hydrogen (secondary N) is 1. The molecule has 110 valence electrons. The summed E-state index contributed by atoms with van der Waals surface area (Å²) in [6.07, 6.45) is 2.20. The fourth-order valence-corrected chi connectivity index (χ4v) is 4.66. The molecule has 1 aromatic rings. The average molecular weight is 362 g/mol. The molecule has 0 saturated heterocycles. The molecule has 1 aliphatic carbocycles. The highest BCUT2D eigenvalue weighted by atomic mass is 79.9. The van der Waals surface area contributed by atoms with E-state index in [4.69, 9.17) is 5.11 Å². The number of hydrogen-bond acceptors (Lipinski definition) is 3. The van der Waals surface area contributed by atoms with Crippen LogP contribution in [0, 0.1) is 11.8 Å². The van der Waals surface area contributed by atoms with Gasteiger partial charge >= 0.3 is 5.97 Å². The number of benzene rings is 1. The van der Waals surface area contributed by atoms with Crippen LogP contribution < -0.4 is 4.72 Å². The van der Waals surface area contributed by atoms with Crippen molar-refractivity contribution in [1.29, 1.82) is 0 Å². The topological polar surface area (TPSA) is 83.5 Å². The fraction of sp³-hybridized carbons (Fsp3) is 0.462. The Hall–Kier alpha value is -0.920. The molecule has 2 unspecified atom stereocenters. The van der Waals surface area contributed by atoms with Gasteiger partial charge in [-0.1, -0.05) is 18.6 Å². The summed E-state index contributed by atoms with van der Waals surface area (Å²) in [5.74, 6) is -1.42. The van der Waals surface area contributed by atoms with Crippen molar-refractivity contribution in [2.24, 2.45) is 11.8 Å². The van der Waals surface area contributed by atoms with Crippen LogP contribution in [-0.4, -0.2) is 26.0 Å². The van der Waals surface area contributed by atoms with E-state index >= 15 is 0 Å². The van der Waals surface area contributed by atoms with Crippen LogP contribution in [0.1, 0.15) is 19.3 Å². The number of carboxylic acids is 1. The van der Waals surface area contributed by atoms with Crippen LogP contribution in [0.5, 0.6) is 0 Å². The molecule has 0 bridgehead atoms. The van der Waals surface area contributed by atoms with E-state index in [1.165, 1.54) is 6.07 Å². The van der Waals surface area contributed by atoms with E-state index in [1.54, 1.807) is 18.2 Å². The van der Waals surface area contributed by atoms with Gasteiger partial charge in [0.25, 0.3) is 0 Å². The molecule has 2 rings (SSSR count). The van der Waals surface area contributed by atoms with Crippen molar-refractivity contribution in [2.45, 2.75) is 24.2 Å². The summed E-state index contributed by atoms with van der Waals surface area (Å²) < 4.78 is 27.4. The second-order valence-electron chi connectivity index (χ2n) is 4.92. The van der Waals surface area contributed by atoms with E-state index in [-0.39, 0.29) is 17.4 Å². The summed E-state index contributed by atoms with van der Waals surface area (Å²) in [7, 11) is -3.62. The third-order valence-electron chi connectivity index (χ3n) is 3.64. The highest BCUT2D eigenvalue weighted by Gasteiger charge is 2.33. The zero-order valence-electron chi connectivity index (χ0n) is 10.8. The highest BCUT2D eigenvalue weighted by molar-refractivity contribution is 9.10. The first-order valence-electron chi connectivity index (χ1n) is 6.39. The maximum Gasteiger partial charge on any atom is 0.306 e. The van der Waals surface area contributed by atoms with E-state index in [2.05, 4.69) is 20.7 Å². The minimum absolute atomic E-state index is 0.134. The molecule has 5 nitrogen and oxygen atoms in total. The molecule has 1 saturated carbocycles. The summed E-state index contributed by atoms with van der Waals surface area (Å²) in [6.45, 7) is 0.167. The molecule has 2 atom stereocenters. The molecule has 2 N–H and O–H groups in total. The molecule has 0 aromatic heterocycles. The van der Waals surface area contributed by atoms with Gasteiger partial charge < -0.3 is 5.11 Å². The van der Waals surface area contributed by atoms with Crippen molar-refractivity contribution in [2.75, 3.05) is 6.54 Å². The van der Waals surface area contributed by atoms with Crippen LogP contribution in [-0.2, 0) is 14.8 Å². The minimum atomic E-state index is -3.62. The molecule has 1 fully saturated rings. The number of rotatable bonds is 5. The third kappa shape index (κ3) is 3.39. The Labute approximate surface area is 126 Å². The first-order valence-corrected chi connectivity index (χ1v) is 8.66. The molecule has 0 heterocycles. The average Bonchev–Trinajstić information content (AvgIpc) is 2.85. The molecule has 0 amide bonds. The number of aliphatic carboxylic acids is 1. The molecule has 1 aliphatic rings. The van der Waals surface area contributed by atoms with Gasteiger partial charge in [-0.05, 0) is 46.8 Å². The van der Waals surface area contributed by atoms with Crippen molar-refractivity contribution in [3.8, 4) is 0 Å².